The van der Waals surface area contributed by atoms with Crippen molar-refractivity contribution >= 4 is 16.2 Å². The third-order valence-corrected chi connectivity index (χ3v) is 3.87. The summed E-state index contributed by atoms with van der Waals surface area (Å²) in [4.78, 5) is 10.9. The number of rotatable bonds is 7. The summed E-state index contributed by atoms with van der Waals surface area (Å²) >= 11 is 0. The molecule has 6 nitrogen and oxygen atoms in total. The summed E-state index contributed by atoms with van der Waals surface area (Å²) in [7, 11) is -3.70. The first-order valence-electron chi connectivity index (χ1n) is 5.38. The zero-order valence-corrected chi connectivity index (χ0v) is 10.3. The van der Waals surface area contributed by atoms with Gasteiger partial charge in [-0.1, -0.05) is 20.3 Å². The Morgan fingerprint density at radius 1 is 1.50 bits per heavy atom. The van der Waals surface area contributed by atoms with Crippen LogP contribution in [0.25, 0.3) is 0 Å². The van der Waals surface area contributed by atoms with Crippen LogP contribution in [0, 0.1) is 5.92 Å². The van der Waals surface area contributed by atoms with E-state index in [1.165, 1.54) is 0 Å². The van der Waals surface area contributed by atoms with Gasteiger partial charge in [0.1, 0.15) is 6.04 Å². The Bertz CT molecular complexity index is 351. The number of carboxylic acids is 1. The highest BCUT2D eigenvalue weighted by molar-refractivity contribution is 7.87. The first kappa shape index (κ1) is 13.4. The number of aliphatic carboxylic acids is 1. The third-order valence-electron chi connectivity index (χ3n) is 2.66. The molecule has 1 rings (SSSR count). The number of nitrogens with one attached hydrogen (secondary N) is 2. The minimum Gasteiger partial charge on any atom is -0.480 e. The summed E-state index contributed by atoms with van der Waals surface area (Å²) in [6.45, 7) is 3.53. The van der Waals surface area contributed by atoms with Gasteiger partial charge in [0.25, 0.3) is 10.2 Å². The van der Waals surface area contributed by atoms with E-state index in [1.807, 2.05) is 6.92 Å². The second kappa shape index (κ2) is 5.11. The van der Waals surface area contributed by atoms with Crippen LogP contribution in [0.2, 0.25) is 0 Å². The maximum Gasteiger partial charge on any atom is 0.322 e. The number of carbonyl (C=O) groups is 1. The highest BCUT2D eigenvalue weighted by atomic mass is 32.2. The lowest BCUT2D eigenvalue weighted by Gasteiger charge is -2.20. The van der Waals surface area contributed by atoms with Gasteiger partial charge in [0.05, 0.1) is 0 Å². The van der Waals surface area contributed by atoms with Crippen LogP contribution in [0.5, 0.6) is 0 Å². The predicted molar refractivity (Wildman–Crippen MR) is 59.1 cm³/mol. The fraction of sp³-hybridized carbons (Fsp3) is 0.889. The van der Waals surface area contributed by atoms with Gasteiger partial charge < -0.3 is 5.11 Å². The monoisotopic (exact) mass is 250 g/mol. The largest absolute Gasteiger partial charge is 0.480 e. The maximum absolute atomic E-state index is 11.5. The molecule has 1 aliphatic rings. The van der Waals surface area contributed by atoms with E-state index in [0.29, 0.717) is 6.42 Å². The first-order chi connectivity index (χ1) is 7.35. The zero-order chi connectivity index (χ0) is 12.3. The molecule has 1 fully saturated rings. The Morgan fingerprint density at radius 3 is 2.44 bits per heavy atom. The molecule has 1 aliphatic carbocycles. The van der Waals surface area contributed by atoms with Crippen molar-refractivity contribution in [1.82, 2.24) is 9.44 Å². The highest BCUT2D eigenvalue weighted by Crippen LogP contribution is 2.19. The molecule has 0 aliphatic heterocycles. The summed E-state index contributed by atoms with van der Waals surface area (Å²) in [5.41, 5.74) is 0. The van der Waals surface area contributed by atoms with Crippen molar-refractivity contribution in [2.45, 2.75) is 45.2 Å². The highest BCUT2D eigenvalue weighted by Gasteiger charge is 2.32. The van der Waals surface area contributed by atoms with Crippen LogP contribution in [0.1, 0.15) is 33.1 Å². The molecule has 94 valence electrons. The lowest BCUT2D eigenvalue weighted by molar-refractivity contribution is -0.140. The van der Waals surface area contributed by atoms with Crippen LogP contribution in [0.3, 0.4) is 0 Å². The van der Waals surface area contributed by atoms with Gasteiger partial charge >= 0.3 is 5.97 Å². The molecule has 1 unspecified atom stereocenters. The van der Waals surface area contributed by atoms with Crippen molar-refractivity contribution in [3.63, 3.8) is 0 Å². The average molecular weight is 250 g/mol. The van der Waals surface area contributed by atoms with Crippen molar-refractivity contribution in [3.05, 3.63) is 0 Å². The molecule has 3 N–H and O–H groups in total. The second-order valence-electron chi connectivity index (χ2n) is 4.21. The summed E-state index contributed by atoms with van der Waals surface area (Å²) < 4.78 is 27.6. The second-order valence-corrected chi connectivity index (χ2v) is 5.69. The zero-order valence-electron chi connectivity index (χ0n) is 9.43. The van der Waals surface area contributed by atoms with Crippen molar-refractivity contribution < 1.29 is 18.3 Å². The topological polar surface area (TPSA) is 95.5 Å². The number of hydrogen-bond donors (Lipinski definition) is 3. The van der Waals surface area contributed by atoms with E-state index in [1.54, 1.807) is 6.92 Å². The summed E-state index contributed by atoms with van der Waals surface area (Å²) in [5.74, 6) is -1.39. The van der Waals surface area contributed by atoms with Gasteiger partial charge in [0, 0.05) is 6.04 Å². The molecule has 0 radical (unpaired) electrons. The SMILES string of the molecule is CCC(C)[C@H](NS(=O)(=O)NC1CC1)C(=O)O. The molecule has 1 saturated carbocycles. The van der Waals surface area contributed by atoms with Crippen LogP contribution >= 0.6 is 0 Å². The van der Waals surface area contributed by atoms with E-state index in [0.717, 1.165) is 12.8 Å². The van der Waals surface area contributed by atoms with E-state index in [9.17, 15) is 13.2 Å². The molecule has 16 heavy (non-hydrogen) atoms. The van der Waals surface area contributed by atoms with Gasteiger partial charge in [0.2, 0.25) is 0 Å². The molecular formula is C9H18N2O4S. The first-order valence-corrected chi connectivity index (χ1v) is 6.86. The van der Waals surface area contributed by atoms with Crippen molar-refractivity contribution in [3.8, 4) is 0 Å². The van der Waals surface area contributed by atoms with Gasteiger partial charge in [-0.15, -0.1) is 0 Å². The quantitative estimate of drug-likeness (QED) is 0.596. The summed E-state index contributed by atoms with van der Waals surface area (Å²) in [6, 6.07) is -1.09. The summed E-state index contributed by atoms with van der Waals surface area (Å²) in [6.07, 6.45) is 2.24. The normalized spacial score (nSPS) is 20.4. The van der Waals surface area contributed by atoms with Crippen LogP contribution < -0.4 is 9.44 Å². The fourth-order valence-electron chi connectivity index (χ4n) is 1.27. The smallest absolute Gasteiger partial charge is 0.322 e. The fourth-order valence-corrected chi connectivity index (χ4v) is 2.68. The van der Waals surface area contributed by atoms with E-state index in [4.69, 9.17) is 5.11 Å². The standard InChI is InChI=1S/C9H18N2O4S/c1-3-6(2)8(9(12)13)11-16(14,15)10-7-4-5-7/h6-8,10-11H,3-5H2,1-2H3,(H,12,13)/t6?,8-/m0/s1. The Balaban J connectivity index is 2.62. The third kappa shape index (κ3) is 4.07. The van der Waals surface area contributed by atoms with E-state index >= 15 is 0 Å². The van der Waals surface area contributed by atoms with Gasteiger partial charge in [-0.05, 0) is 18.8 Å². The van der Waals surface area contributed by atoms with Crippen LogP contribution in [0.15, 0.2) is 0 Å². The van der Waals surface area contributed by atoms with Crippen molar-refractivity contribution in [2.75, 3.05) is 0 Å². The van der Waals surface area contributed by atoms with Gasteiger partial charge in [-0.3, -0.25) is 4.79 Å². The molecule has 0 spiro atoms. The van der Waals surface area contributed by atoms with Crippen LogP contribution in [0.4, 0.5) is 0 Å². The maximum atomic E-state index is 11.5. The number of hydrogen-bond acceptors (Lipinski definition) is 3. The lowest BCUT2D eigenvalue weighted by Crippen LogP contribution is -2.49. The molecule has 0 heterocycles. The molecule has 0 bridgehead atoms. The van der Waals surface area contributed by atoms with Gasteiger partial charge in [0.15, 0.2) is 0 Å². The molecule has 0 aromatic rings. The molecule has 0 amide bonds. The molecule has 0 saturated heterocycles. The summed E-state index contributed by atoms with van der Waals surface area (Å²) in [5, 5.41) is 8.93. The Labute approximate surface area is 95.6 Å². The van der Waals surface area contributed by atoms with Crippen molar-refractivity contribution in [2.24, 2.45) is 5.92 Å². The van der Waals surface area contributed by atoms with Crippen LogP contribution in [-0.2, 0) is 15.0 Å². The Hall–Kier alpha value is -0.660. The average Bonchev–Trinajstić information content (AvgIpc) is 2.95. The molecule has 2 atom stereocenters. The van der Waals surface area contributed by atoms with E-state index in [2.05, 4.69) is 9.44 Å². The molecular weight excluding hydrogens is 232 g/mol. The molecule has 0 aromatic carbocycles. The Kier molecular flexibility index (Phi) is 4.28. The minimum absolute atomic E-state index is 0.0242. The molecule has 7 heteroatoms. The predicted octanol–water partition coefficient (Wildman–Crippen LogP) is 0.0721. The minimum atomic E-state index is -3.70. The number of carboxylic acid groups (broad SMARTS) is 1. The van der Waals surface area contributed by atoms with E-state index in [-0.39, 0.29) is 12.0 Å². The molecule has 0 aromatic heterocycles. The van der Waals surface area contributed by atoms with Crippen LogP contribution in [-0.4, -0.2) is 31.6 Å². The Morgan fingerprint density at radius 2 is 2.06 bits per heavy atom. The van der Waals surface area contributed by atoms with Gasteiger partial charge in [-0.2, -0.15) is 17.9 Å². The van der Waals surface area contributed by atoms with Gasteiger partial charge in [-0.25, -0.2) is 0 Å². The van der Waals surface area contributed by atoms with Crippen molar-refractivity contribution in [1.29, 1.82) is 0 Å². The van der Waals surface area contributed by atoms with E-state index < -0.39 is 22.2 Å². The lowest BCUT2D eigenvalue weighted by atomic mass is 10.0.